The van der Waals surface area contributed by atoms with Crippen molar-refractivity contribution in [3.05, 3.63) is 33.1 Å². The lowest BCUT2D eigenvalue weighted by Gasteiger charge is -2.25. The summed E-state index contributed by atoms with van der Waals surface area (Å²) in [6.45, 7) is 1.41. The molecular weight excluding hydrogens is 394 g/mol. The van der Waals surface area contributed by atoms with Crippen molar-refractivity contribution in [3.63, 3.8) is 0 Å². The largest absolute Gasteiger partial charge is 0.337 e. The Kier molecular flexibility index (Phi) is 5.25. The van der Waals surface area contributed by atoms with Gasteiger partial charge in [0.25, 0.3) is 5.91 Å². The Morgan fingerprint density at radius 3 is 2.80 bits per heavy atom. The van der Waals surface area contributed by atoms with E-state index in [4.69, 9.17) is 0 Å². The van der Waals surface area contributed by atoms with Crippen molar-refractivity contribution >= 4 is 40.9 Å². The van der Waals surface area contributed by atoms with Crippen LogP contribution in [0.3, 0.4) is 0 Å². The van der Waals surface area contributed by atoms with Crippen LogP contribution in [0, 0.1) is 9.39 Å². The van der Waals surface area contributed by atoms with E-state index in [0.717, 1.165) is 19.4 Å². The number of nitrogens with one attached hydrogen (secondary N) is 1. The summed E-state index contributed by atoms with van der Waals surface area (Å²) in [6, 6.07) is 5.68. The zero-order chi connectivity index (χ0) is 13.4. The van der Waals surface area contributed by atoms with E-state index in [1.54, 1.807) is 17.0 Å². The highest BCUT2D eigenvalue weighted by Crippen LogP contribution is 2.23. The number of likely N-dealkylation sites (tertiary alicyclic amines) is 1. The third-order valence-electron chi connectivity index (χ3n) is 3.99. The third kappa shape index (κ3) is 3.09. The van der Waals surface area contributed by atoms with E-state index in [1.165, 1.54) is 12.5 Å². The first-order valence-corrected chi connectivity index (χ1v) is 7.72. The summed E-state index contributed by atoms with van der Waals surface area (Å²) in [5.41, 5.74) is 0.223. The molecule has 1 aromatic carbocycles. The lowest BCUT2D eigenvalue weighted by Crippen LogP contribution is -2.39. The molecule has 110 valence electrons. The molecule has 2 fully saturated rings. The zero-order valence-electron chi connectivity index (χ0n) is 10.9. The summed E-state index contributed by atoms with van der Waals surface area (Å²) in [5, 5.41) is 3.53. The number of hydrogen-bond donors (Lipinski definition) is 1. The Hall–Kier alpha value is -0.400. The molecule has 20 heavy (non-hydrogen) atoms. The van der Waals surface area contributed by atoms with Crippen LogP contribution in [-0.2, 0) is 0 Å². The molecular formula is C14H17ClFIN2O. The normalized spacial score (nSPS) is 25.0. The van der Waals surface area contributed by atoms with Crippen molar-refractivity contribution in [2.45, 2.75) is 31.3 Å². The van der Waals surface area contributed by atoms with E-state index in [9.17, 15) is 9.18 Å². The van der Waals surface area contributed by atoms with Crippen molar-refractivity contribution in [1.29, 1.82) is 0 Å². The maximum absolute atomic E-state index is 13.9. The van der Waals surface area contributed by atoms with Crippen LogP contribution >= 0.6 is 35.0 Å². The summed E-state index contributed by atoms with van der Waals surface area (Å²) >= 11 is 2.03. The molecule has 0 saturated carbocycles. The van der Waals surface area contributed by atoms with Gasteiger partial charge in [-0.15, -0.1) is 12.4 Å². The average molecular weight is 411 g/mol. The Balaban J connectivity index is 0.00000147. The van der Waals surface area contributed by atoms with Crippen LogP contribution in [0.4, 0.5) is 4.39 Å². The number of halogens is 3. The van der Waals surface area contributed by atoms with E-state index in [2.05, 4.69) is 5.32 Å². The van der Waals surface area contributed by atoms with Crippen LogP contribution in [0.1, 0.15) is 29.6 Å². The molecule has 0 radical (unpaired) electrons. The van der Waals surface area contributed by atoms with Crippen LogP contribution in [0.15, 0.2) is 18.2 Å². The first-order valence-electron chi connectivity index (χ1n) is 6.64. The molecule has 2 unspecified atom stereocenters. The maximum atomic E-state index is 13.9. The van der Waals surface area contributed by atoms with Gasteiger partial charge in [-0.25, -0.2) is 4.39 Å². The predicted molar refractivity (Wildman–Crippen MR) is 86.8 cm³/mol. The standard InChI is InChI=1S/C14H16FIN2O.ClH/c15-11-2-1-3-12(16)13(11)14(19)18-7-6-9-4-5-10(8-18)17-9;/h1-3,9-10,17H,4-8H2;1H. The molecule has 2 aliphatic heterocycles. The van der Waals surface area contributed by atoms with E-state index >= 15 is 0 Å². The number of carbonyl (C=O) groups excluding carboxylic acids is 1. The monoisotopic (exact) mass is 410 g/mol. The van der Waals surface area contributed by atoms with Gasteiger partial charge >= 0.3 is 0 Å². The number of fused-ring (bicyclic) bond motifs is 2. The summed E-state index contributed by atoms with van der Waals surface area (Å²) in [5.74, 6) is -0.587. The smallest absolute Gasteiger partial charge is 0.257 e. The molecule has 3 nitrogen and oxygen atoms in total. The van der Waals surface area contributed by atoms with Crippen LogP contribution in [0.2, 0.25) is 0 Å². The molecule has 6 heteroatoms. The van der Waals surface area contributed by atoms with Crippen LogP contribution in [0.25, 0.3) is 0 Å². The summed E-state index contributed by atoms with van der Waals surface area (Å²) in [6.07, 6.45) is 3.28. The predicted octanol–water partition coefficient (Wildman–Crippen LogP) is 2.82. The molecule has 2 atom stereocenters. The van der Waals surface area contributed by atoms with E-state index in [0.29, 0.717) is 22.2 Å². The fourth-order valence-electron chi connectivity index (χ4n) is 2.99. The molecule has 2 heterocycles. The highest BCUT2D eigenvalue weighted by atomic mass is 127. The van der Waals surface area contributed by atoms with Crippen LogP contribution in [-0.4, -0.2) is 36.0 Å². The van der Waals surface area contributed by atoms with Crippen LogP contribution < -0.4 is 5.32 Å². The second-order valence-electron chi connectivity index (χ2n) is 5.27. The summed E-state index contributed by atoms with van der Waals surface area (Å²) in [7, 11) is 0. The maximum Gasteiger partial charge on any atom is 0.257 e. The van der Waals surface area contributed by atoms with Gasteiger partial charge in [0.05, 0.1) is 5.56 Å². The molecule has 0 spiro atoms. The second kappa shape index (κ2) is 6.58. The average Bonchev–Trinajstić information content (AvgIpc) is 2.68. The molecule has 0 aliphatic carbocycles. The second-order valence-corrected chi connectivity index (χ2v) is 6.44. The number of rotatable bonds is 1. The van der Waals surface area contributed by atoms with E-state index in [1.807, 2.05) is 22.6 Å². The third-order valence-corrected chi connectivity index (χ3v) is 4.89. The van der Waals surface area contributed by atoms with Crippen LogP contribution in [0.5, 0.6) is 0 Å². The molecule has 0 aromatic heterocycles. The lowest BCUT2D eigenvalue weighted by atomic mass is 10.1. The highest BCUT2D eigenvalue weighted by Gasteiger charge is 2.32. The highest BCUT2D eigenvalue weighted by molar-refractivity contribution is 14.1. The molecule has 2 bridgehead atoms. The fraction of sp³-hybridized carbons (Fsp3) is 0.500. The van der Waals surface area contributed by atoms with E-state index in [-0.39, 0.29) is 23.9 Å². The molecule has 2 saturated heterocycles. The van der Waals surface area contributed by atoms with Crippen molar-refractivity contribution in [3.8, 4) is 0 Å². The van der Waals surface area contributed by atoms with Gasteiger partial charge < -0.3 is 10.2 Å². The number of carbonyl (C=O) groups is 1. The van der Waals surface area contributed by atoms with Gasteiger partial charge in [0, 0.05) is 28.7 Å². The van der Waals surface area contributed by atoms with Gasteiger partial charge in [0.15, 0.2) is 0 Å². The first-order chi connectivity index (χ1) is 9.15. The topological polar surface area (TPSA) is 32.3 Å². The Labute approximate surface area is 137 Å². The summed E-state index contributed by atoms with van der Waals surface area (Å²) < 4.78 is 14.6. The Bertz CT molecular complexity index is 494. The van der Waals surface area contributed by atoms with E-state index < -0.39 is 5.82 Å². The number of amides is 1. The van der Waals surface area contributed by atoms with Gasteiger partial charge in [-0.3, -0.25) is 4.79 Å². The minimum absolute atomic E-state index is 0. The van der Waals surface area contributed by atoms with Gasteiger partial charge in [-0.1, -0.05) is 6.07 Å². The number of nitrogens with zero attached hydrogens (tertiary/aromatic N) is 1. The van der Waals surface area contributed by atoms with Gasteiger partial charge in [-0.2, -0.15) is 0 Å². The molecule has 3 rings (SSSR count). The van der Waals surface area contributed by atoms with Crippen molar-refractivity contribution in [2.24, 2.45) is 0 Å². The number of hydrogen-bond acceptors (Lipinski definition) is 2. The first kappa shape index (κ1) is 16.0. The lowest BCUT2D eigenvalue weighted by molar-refractivity contribution is 0.0742. The minimum atomic E-state index is -0.417. The van der Waals surface area contributed by atoms with Gasteiger partial charge in [-0.05, 0) is 54.0 Å². The van der Waals surface area contributed by atoms with Gasteiger partial charge in [0.2, 0.25) is 0 Å². The zero-order valence-corrected chi connectivity index (χ0v) is 13.9. The molecule has 1 N–H and O–H groups in total. The molecule has 2 aliphatic rings. The van der Waals surface area contributed by atoms with Gasteiger partial charge in [0.1, 0.15) is 5.82 Å². The summed E-state index contributed by atoms with van der Waals surface area (Å²) in [4.78, 5) is 14.3. The SMILES string of the molecule is Cl.O=C(c1c(F)cccc1I)N1CCC2CCC(C1)N2. The molecule has 1 aromatic rings. The fourth-order valence-corrected chi connectivity index (χ4v) is 3.68. The Morgan fingerprint density at radius 1 is 1.30 bits per heavy atom. The minimum Gasteiger partial charge on any atom is -0.337 e. The van der Waals surface area contributed by atoms with Crippen molar-refractivity contribution < 1.29 is 9.18 Å². The molecule has 1 amide bonds. The Morgan fingerprint density at radius 2 is 2.05 bits per heavy atom. The number of benzene rings is 1. The quantitative estimate of drug-likeness (QED) is 0.722. The van der Waals surface area contributed by atoms with Crippen molar-refractivity contribution in [2.75, 3.05) is 13.1 Å². The van der Waals surface area contributed by atoms with Crippen molar-refractivity contribution in [1.82, 2.24) is 10.2 Å².